The van der Waals surface area contributed by atoms with Crippen LogP contribution in [0.4, 0.5) is 0 Å². The van der Waals surface area contributed by atoms with Crippen LogP contribution in [0.3, 0.4) is 0 Å². The number of carbonyl (C=O) groups is 1. The second kappa shape index (κ2) is 4.31. The van der Waals surface area contributed by atoms with Gasteiger partial charge in [0.2, 0.25) is 0 Å². The van der Waals surface area contributed by atoms with E-state index in [0.29, 0.717) is 6.42 Å². The predicted octanol–water partition coefficient (Wildman–Crippen LogP) is 0.0725. The largest absolute Gasteiger partial charge is 0.481 e. The molecule has 0 rings (SSSR count). The molecular formula is C7H15NO3. The van der Waals surface area contributed by atoms with Crippen LogP contribution in [0, 0.1) is 5.41 Å². The van der Waals surface area contributed by atoms with Gasteiger partial charge in [0.15, 0.2) is 0 Å². The SMILES string of the molecule is CCC(CN)(COC)C(=O)O. The van der Waals surface area contributed by atoms with Crippen LogP contribution in [0.5, 0.6) is 0 Å². The van der Waals surface area contributed by atoms with Gasteiger partial charge in [0, 0.05) is 13.7 Å². The van der Waals surface area contributed by atoms with Crippen molar-refractivity contribution in [1.29, 1.82) is 0 Å². The van der Waals surface area contributed by atoms with Crippen molar-refractivity contribution in [3.63, 3.8) is 0 Å². The zero-order valence-corrected chi connectivity index (χ0v) is 6.96. The fourth-order valence-electron chi connectivity index (χ4n) is 0.882. The number of carboxylic acid groups (broad SMARTS) is 1. The first kappa shape index (κ1) is 10.4. The topological polar surface area (TPSA) is 72.5 Å². The third-order valence-corrected chi connectivity index (χ3v) is 1.94. The van der Waals surface area contributed by atoms with Gasteiger partial charge >= 0.3 is 5.97 Å². The molecule has 66 valence electrons. The molecule has 0 aromatic rings. The molecule has 0 aromatic heterocycles. The standard InChI is InChI=1S/C7H15NO3/c1-3-7(4-8,5-11-2)6(9)10/h3-5,8H2,1-2H3,(H,9,10). The van der Waals surface area contributed by atoms with Crippen LogP contribution in [0.25, 0.3) is 0 Å². The van der Waals surface area contributed by atoms with Gasteiger partial charge in [-0.05, 0) is 6.42 Å². The molecule has 4 heteroatoms. The first-order valence-electron chi connectivity index (χ1n) is 3.55. The quantitative estimate of drug-likeness (QED) is 0.598. The smallest absolute Gasteiger partial charge is 0.313 e. The van der Waals surface area contributed by atoms with Crippen LogP contribution in [0.2, 0.25) is 0 Å². The van der Waals surface area contributed by atoms with Crippen molar-refractivity contribution in [2.45, 2.75) is 13.3 Å². The number of carboxylic acids is 1. The molecule has 0 spiro atoms. The van der Waals surface area contributed by atoms with E-state index in [1.807, 2.05) is 0 Å². The van der Waals surface area contributed by atoms with Gasteiger partial charge in [0.1, 0.15) is 5.41 Å². The Morgan fingerprint density at radius 2 is 2.27 bits per heavy atom. The average Bonchev–Trinajstić information content (AvgIpc) is 2.00. The second-order valence-electron chi connectivity index (χ2n) is 2.58. The Balaban J connectivity index is 4.32. The first-order valence-corrected chi connectivity index (χ1v) is 3.55. The average molecular weight is 161 g/mol. The highest BCUT2D eigenvalue weighted by Crippen LogP contribution is 2.20. The molecule has 1 unspecified atom stereocenters. The lowest BCUT2D eigenvalue weighted by molar-refractivity contribution is -0.151. The van der Waals surface area contributed by atoms with Crippen molar-refractivity contribution in [1.82, 2.24) is 0 Å². The molecule has 0 aliphatic rings. The third-order valence-electron chi connectivity index (χ3n) is 1.94. The minimum absolute atomic E-state index is 0.118. The molecule has 4 nitrogen and oxygen atoms in total. The van der Waals surface area contributed by atoms with Gasteiger partial charge in [-0.25, -0.2) is 0 Å². The molecule has 0 aliphatic heterocycles. The minimum Gasteiger partial charge on any atom is -0.481 e. The monoisotopic (exact) mass is 161 g/mol. The summed E-state index contributed by atoms with van der Waals surface area (Å²) in [5.41, 5.74) is 4.45. The summed E-state index contributed by atoms with van der Waals surface area (Å²) in [7, 11) is 1.48. The molecule has 11 heavy (non-hydrogen) atoms. The Bertz CT molecular complexity index is 132. The lowest BCUT2D eigenvalue weighted by Crippen LogP contribution is -2.41. The Morgan fingerprint density at radius 3 is 2.36 bits per heavy atom. The minimum atomic E-state index is -0.894. The van der Waals surface area contributed by atoms with Crippen LogP contribution < -0.4 is 5.73 Å². The van der Waals surface area contributed by atoms with Crippen LogP contribution in [-0.4, -0.2) is 31.3 Å². The molecule has 0 amide bonds. The van der Waals surface area contributed by atoms with Crippen molar-refractivity contribution >= 4 is 5.97 Å². The van der Waals surface area contributed by atoms with Gasteiger partial charge in [0.05, 0.1) is 6.61 Å². The van der Waals surface area contributed by atoms with E-state index in [0.717, 1.165) is 0 Å². The molecule has 0 heterocycles. The number of hydrogen-bond donors (Lipinski definition) is 2. The van der Waals surface area contributed by atoms with Gasteiger partial charge in [-0.15, -0.1) is 0 Å². The number of rotatable bonds is 5. The molecule has 0 aromatic carbocycles. The molecule has 0 fully saturated rings. The summed E-state index contributed by atoms with van der Waals surface area (Å²) in [6.07, 6.45) is 0.493. The van der Waals surface area contributed by atoms with E-state index >= 15 is 0 Å². The maximum Gasteiger partial charge on any atom is 0.313 e. The first-order chi connectivity index (χ1) is 5.13. The fraction of sp³-hybridized carbons (Fsp3) is 0.857. The highest BCUT2D eigenvalue weighted by molar-refractivity contribution is 5.75. The highest BCUT2D eigenvalue weighted by atomic mass is 16.5. The number of methoxy groups -OCH3 is 1. The van der Waals surface area contributed by atoms with Crippen LogP contribution >= 0.6 is 0 Å². The van der Waals surface area contributed by atoms with E-state index in [9.17, 15) is 4.79 Å². The lowest BCUT2D eigenvalue weighted by Gasteiger charge is -2.24. The molecule has 3 N–H and O–H groups in total. The zero-order valence-electron chi connectivity index (χ0n) is 6.96. The van der Waals surface area contributed by atoms with E-state index in [1.165, 1.54) is 7.11 Å². The summed E-state index contributed by atoms with van der Waals surface area (Å²) in [4.78, 5) is 10.7. The third kappa shape index (κ3) is 2.17. The molecule has 1 atom stereocenters. The summed E-state index contributed by atoms with van der Waals surface area (Å²) in [6.45, 7) is 2.09. The number of aliphatic carboxylic acids is 1. The van der Waals surface area contributed by atoms with Crippen LogP contribution in [0.1, 0.15) is 13.3 Å². The predicted molar refractivity (Wildman–Crippen MR) is 41.3 cm³/mol. The summed E-state index contributed by atoms with van der Waals surface area (Å²) in [5, 5.41) is 8.79. The van der Waals surface area contributed by atoms with Gasteiger partial charge < -0.3 is 15.6 Å². The normalized spacial score (nSPS) is 15.9. The summed E-state index contributed by atoms with van der Waals surface area (Å²) in [5.74, 6) is -0.885. The van der Waals surface area contributed by atoms with Crippen molar-refractivity contribution < 1.29 is 14.6 Å². The van der Waals surface area contributed by atoms with Crippen molar-refractivity contribution in [2.75, 3.05) is 20.3 Å². The molecule has 0 bridgehead atoms. The Morgan fingerprint density at radius 1 is 1.73 bits per heavy atom. The number of hydrogen-bond acceptors (Lipinski definition) is 3. The van der Waals surface area contributed by atoms with Gasteiger partial charge in [-0.1, -0.05) is 6.92 Å². The molecule has 0 aliphatic carbocycles. The fourth-order valence-corrected chi connectivity index (χ4v) is 0.882. The van der Waals surface area contributed by atoms with E-state index in [2.05, 4.69) is 0 Å². The van der Waals surface area contributed by atoms with E-state index in [1.54, 1.807) is 6.92 Å². The van der Waals surface area contributed by atoms with E-state index in [4.69, 9.17) is 15.6 Å². The number of nitrogens with two attached hydrogens (primary N) is 1. The van der Waals surface area contributed by atoms with Crippen molar-refractivity contribution in [2.24, 2.45) is 11.1 Å². The maximum atomic E-state index is 10.7. The van der Waals surface area contributed by atoms with Crippen LogP contribution in [-0.2, 0) is 9.53 Å². The summed E-state index contributed by atoms with van der Waals surface area (Å²) in [6, 6.07) is 0. The number of ether oxygens (including phenoxy) is 1. The molecule has 0 radical (unpaired) electrons. The van der Waals surface area contributed by atoms with Gasteiger partial charge in [0.25, 0.3) is 0 Å². The maximum absolute atomic E-state index is 10.7. The Hall–Kier alpha value is -0.610. The van der Waals surface area contributed by atoms with Crippen LogP contribution in [0.15, 0.2) is 0 Å². The molecule has 0 saturated carbocycles. The molecule has 0 saturated heterocycles. The molecular weight excluding hydrogens is 146 g/mol. The Kier molecular flexibility index (Phi) is 4.07. The van der Waals surface area contributed by atoms with E-state index in [-0.39, 0.29) is 13.2 Å². The van der Waals surface area contributed by atoms with Gasteiger partial charge in [-0.2, -0.15) is 0 Å². The van der Waals surface area contributed by atoms with Crippen molar-refractivity contribution in [3.8, 4) is 0 Å². The Labute approximate surface area is 66.3 Å². The highest BCUT2D eigenvalue weighted by Gasteiger charge is 2.35. The lowest BCUT2D eigenvalue weighted by atomic mass is 9.86. The van der Waals surface area contributed by atoms with Gasteiger partial charge in [-0.3, -0.25) is 4.79 Å². The van der Waals surface area contributed by atoms with Crippen molar-refractivity contribution in [3.05, 3.63) is 0 Å². The summed E-state index contributed by atoms with van der Waals surface area (Å²) >= 11 is 0. The zero-order chi connectivity index (χ0) is 8.91. The van der Waals surface area contributed by atoms with E-state index < -0.39 is 11.4 Å². The second-order valence-corrected chi connectivity index (χ2v) is 2.58. The summed E-state index contributed by atoms with van der Waals surface area (Å²) < 4.78 is 4.79.